The van der Waals surface area contributed by atoms with Gasteiger partial charge in [-0.2, -0.15) is 0 Å². The normalized spacial score (nSPS) is 11.1. The third kappa shape index (κ3) is 4.80. The molecule has 1 N–H and O–H groups in total. The summed E-state index contributed by atoms with van der Waals surface area (Å²) in [4.78, 5) is 12.3. The summed E-state index contributed by atoms with van der Waals surface area (Å²) in [6, 6.07) is 10.4. The lowest BCUT2D eigenvalue weighted by Gasteiger charge is -2.25. The minimum Gasteiger partial charge on any atom is -0.495 e. The summed E-state index contributed by atoms with van der Waals surface area (Å²) < 4.78 is 33.4. The second-order valence-electron chi connectivity index (χ2n) is 6.47. The van der Waals surface area contributed by atoms with Gasteiger partial charge in [0.15, 0.2) is 0 Å². The van der Waals surface area contributed by atoms with E-state index in [9.17, 15) is 13.2 Å². The molecule has 27 heavy (non-hydrogen) atoms. The first kappa shape index (κ1) is 20.8. The highest BCUT2D eigenvalue weighted by molar-refractivity contribution is 7.93. The molecule has 2 aromatic rings. The number of anilines is 1. The van der Waals surface area contributed by atoms with Crippen LogP contribution in [0.25, 0.3) is 0 Å². The van der Waals surface area contributed by atoms with Crippen LogP contribution in [0.3, 0.4) is 0 Å². The third-order valence-electron chi connectivity index (χ3n) is 4.04. The molecule has 0 saturated carbocycles. The summed E-state index contributed by atoms with van der Waals surface area (Å²) in [7, 11) is -2.59. The van der Waals surface area contributed by atoms with E-state index in [1.807, 2.05) is 26.8 Å². The molecule has 2 rings (SSSR count). The van der Waals surface area contributed by atoms with Gasteiger partial charge in [-0.3, -0.25) is 9.10 Å². The average Bonchev–Trinajstić information content (AvgIpc) is 2.59. The standard InChI is InChI=1S/C20H26N2O4S/c1-6-21-20(23)13-22(17-10-15(3)9-16(4)11-17)27(24,25)19-12-14(2)7-8-18(19)26-5/h7-12H,6,13H2,1-5H3,(H,21,23). The van der Waals surface area contributed by atoms with Crippen LogP contribution in [-0.4, -0.2) is 34.5 Å². The van der Waals surface area contributed by atoms with Crippen molar-refractivity contribution >= 4 is 21.6 Å². The van der Waals surface area contributed by atoms with Gasteiger partial charge in [0.1, 0.15) is 17.2 Å². The highest BCUT2D eigenvalue weighted by atomic mass is 32.2. The van der Waals surface area contributed by atoms with E-state index in [1.54, 1.807) is 37.3 Å². The molecule has 0 heterocycles. The molecule has 0 aliphatic carbocycles. The smallest absolute Gasteiger partial charge is 0.268 e. The molecule has 0 unspecified atom stereocenters. The van der Waals surface area contributed by atoms with Gasteiger partial charge in [-0.25, -0.2) is 8.42 Å². The van der Waals surface area contributed by atoms with Gasteiger partial charge in [-0.1, -0.05) is 12.1 Å². The number of rotatable bonds is 7. The number of hydrogen-bond acceptors (Lipinski definition) is 4. The fourth-order valence-corrected chi connectivity index (χ4v) is 4.55. The van der Waals surface area contributed by atoms with E-state index in [1.165, 1.54) is 7.11 Å². The minimum atomic E-state index is -4.02. The molecule has 7 heteroatoms. The van der Waals surface area contributed by atoms with Gasteiger partial charge in [-0.15, -0.1) is 0 Å². The van der Waals surface area contributed by atoms with Crippen LogP contribution in [0.4, 0.5) is 5.69 Å². The Morgan fingerprint density at radius 3 is 2.22 bits per heavy atom. The Morgan fingerprint density at radius 1 is 1.04 bits per heavy atom. The second kappa shape index (κ2) is 8.43. The van der Waals surface area contributed by atoms with Crippen molar-refractivity contribution in [2.24, 2.45) is 0 Å². The lowest BCUT2D eigenvalue weighted by Crippen LogP contribution is -2.41. The number of methoxy groups -OCH3 is 1. The van der Waals surface area contributed by atoms with Gasteiger partial charge in [0.25, 0.3) is 10.0 Å². The molecular weight excluding hydrogens is 364 g/mol. The molecule has 0 fully saturated rings. The minimum absolute atomic E-state index is 0.0356. The predicted molar refractivity (Wildman–Crippen MR) is 107 cm³/mol. The van der Waals surface area contributed by atoms with E-state index in [2.05, 4.69) is 5.32 Å². The molecule has 2 aromatic carbocycles. The lowest BCUT2D eigenvalue weighted by atomic mass is 10.1. The number of nitrogens with zero attached hydrogens (tertiary/aromatic N) is 1. The van der Waals surface area contributed by atoms with Crippen LogP contribution >= 0.6 is 0 Å². The maximum Gasteiger partial charge on any atom is 0.268 e. The summed E-state index contributed by atoms with van der Waals surface area (Å²) in [5.74, 6) is -0.127. The van der Waals surface area contributed by atoms with Crippen molar-refractivity contribution in [1.82, 2.24) is 5.32 Å². The van der Waals surface area contributed by atoms with E-state index in [0.29, 0.717) is 12.2 Å². The first-order valence-electron chi connectivity index (χ1n) is 8.71. The maximum atomic E-state index is 13.5. The van der Waals surface area contributed by atoms with E-state index in [4.69, 9.17) is 4.74 Å². The molecule has 0 aliphatic rings. The highest BCUT2D eigenvalue weighted by Gasteiger charge is 2.30. The predicted octanol–water partition coefficient (Wildman–Crippen LogP) is 2.95. The number of amides is 1. The van der Waals surface area contributed by atoms with Crippen LogP contribution < -0.4 is 14.4 Å². The second-order valence-corrected chi connectivity index (χ2v) is 8.30. The number of benzene rings is 2. The first-order chi connectivity index (χ1) is 12.7. The van der Waals surface area contributed by atoms with Crippen LogP contribution in [-0.2, 0) is 14.8 Å². The quantitative estimate of drug-likeness (QED) is 0.789. The number of carbonyl (C=O) groups excluding carboxylic acids is 1. The average molecular weight is 391 g/mol. The zero-order valence-corrected chi connectivity index (χ0v) is 17.2. The number of ether oxygens (including phenoxy) is 1. The SMILES string of the molecule is CCNC(=O)CN(c1cc(C)cc(C)c1)S(=O)(=O)c1cc(C)ccc1OC. The molecule has 0 spiro atoms. The molecule has 0 aliphatic heterocycles. The monoisotopic (exact) mass is 390 g/mol. The summed E-state index contributed by atoms with van der Waals surface area (Å²) in [5, 5.41) is 2.66. The Balaban J connectivity index is 2.64. The van der Waals surface area contributed by atoms with E-state index in [-0.39, 0.29) is 23.1 Å². The van der Waals surface area contributed by atoms with Gasteiger partial charge in [-0.05, 0) is 68.7 Å². The summed E-state index contributed by atoms with van der Waals surface area (Å²) in [6.45, 7) is 7.49. The Kier molecular flexibility index (Phi) is 6.49. The molecule has 6 nitrogen and oxygen atoms in total. The number of aryl methyl sites for hydroxylation is 3. The van der Waals surface area contributed by atoms with Crippen molar-refractivity contribution in [2.75, 3.05) is 24.5 Å². The molecule has 0 aromatic heterocycles. The fraction of sp³-hybridized carbons (Fsp3) is 0.350. The topological polar surface area (TPSA) is 75.7 Å². The number of sulfonamides is 1. The molecule has 0 bridgehead atoms. The van der Waals surface area contributed by atoms with Gasteiger partial charge < -0.3 is 10.1 Å². The van der Waals surface area contributed by atoms with Gasteiger partial charge >= 0.3 is 0 Å². The van der Waals surface area contributed by atoms with Crippen LogP contribution in [0, 0.1) is 20.8 Å². The number of hydrogen-bond donors (Lipinski definition) is 1. The number of nitrogens with one attached hydrogen (secondary N) is 1. The molecular formula is C20H26N2O4S. The van der Waals surface area contributed by atoms with Crippen molar-refractivity contribution in [3.63, 3.8) is 0 Å². The lowest BCUT2D eigenvalue weighted by molar-refractivity contribution is -0.119. The largest absolute Gasteiger partial charge is 0.495 e. The fourth-order valence-electron chi connectivity index (χ4n) is 2.90. The summed E-state index contributed by atoms with van der Waals surface area (Å²) in [5.41, 5.74) is 3.06. The summed E-state index contributed by atoms with van der Waals surface area (Å²) in [6.07, 6.45) is 0. The Morgan fingerprint density at radius 2 is 1.67 bits per heavy atom. The summed E-state index contributed by atoms with van der Waals surface area (Å²) >= 11 is 0. The zero-order valence-electron chi connectivity index (χ0n) is 16.4. The van der Waals surface area contributed by atoms with Crippen molar-refractivity contribution in [3.05, 3.63) is 53.1 Å². The van der Waals surface area contributed by atoms with Crippen molar-refractivity contribution in [3.8, 4) is 5.75 Å². The maximum absolute atomic E-state index is 13.5. The van der Waals surface area contributed by atoms with Crippen LogP contribution in [0.15, 0.2) is 41.3 Å². The van der Waals surface area contributed by atoms with Gasteiger partial charge in [0.2, 0.25) is 5.91 Å². The highest BCUT2D eigenvalue weighted by Crippen LogP contribution is 2.31. The molecule has 146 valence electrons. The number of likely N-dealkylation sites (N-methyl/N-ethyl adjacent to an activating group) is 1. The van der Waals surface area contributed by atoms with Crippen LogP contribution in [0.2, 0.25) is 0 Å². The molecule has 0 saturated heterocycles. The van der Waals surface area contributed by atoms with E-state index in [0.717, 1.165) is 21.0 Å². The number of carbonyl (C=O) groups is 1. The van der Waals surface area contributed by atoms with Crippen molar-refractivity contribution < 1.29 is 17.9 Å². The molecule has 0 radical (unpaired) electrons. The first-order valence-corrected chi connectivity index (χ1v) is 10.2. The van der Waals surface area contributed by atoms with Crippen molar-refractivity contribution in [2.45, 2.75) is 32.6 Å². The van der Waals surface area contributed by atoms with Crippen molar-refractivity contribution in [1.29, 1.82) is 0 Å². The van der Waals surface area contributed by atoms with Gasteiger partial charge in [0, 0.05) is 6.54 Å². The Hall–Kier alpha value is -2.54. The Bertz CT molecular complexity index is 919. The van der Waals surface area contributed by atoms with E-state index < -0.39 is 10.0 Å². The van der Waals surface area contributed by atoms with E-state index >= 15 is 0 Å². The van der Waals surface area contributed by atoms with Crippen LogP contribution in [0.1, 0.15) is 23.6 Å². The van der Waals surface area contributed by atoms with Gasteiger partial charge in [0.05, 0.1) is 12.8 Å². The zero-order chi connectivity index (χ0) is 20.2. The van der Waals surface area contributed by atoms with Crippen LogP contribution in [0.5, 0.6) is 5.75 Å². The third-order valence-corrected chi connectivity index (χ3v) is 5.84. The molecule has 1 amide bonds. The molecule has 0 atom stereocenters. The Labute approximate surface area is 161 Å².